The molecule has 1 aliphatic carbocycles. The molecule has 0 aromatic carbocycles. The van der Waals surface area contributed by atoms with Crippen molar-refractivity contribution >= 4 is 29.0 Å². The number of hydrogen-bond acceptors (Lipinski definition) is 3. The molecule has 0 aliphatic heterocycles. The molecule has 2 N–H and O–H groups in total. The molecule has 5 nitrogen and oxygen atoms in total. The van der Waals surface area contributed by atoms with E-state index in [9.17, 15) is 9.59 Å². The summed E-state index contributed by atoms with van der Waals surface area (Å²) in [6.45, 7) is 2.07. The Morgan fingerprint density at radius 2 is 1.94 bits per heavy atom. The summed E-state index contributed by atoms with van der Waals surface area (Å²) in [7, 11) is 3.20. The van der Waals surface area contributed by atoms with Crippen LogP contribution in [0.15, 0.2) is 0 Å². The predicted molar refractivity (Wildman–Crippen MR) is 64.5 cm³/mol. The molecule has 0 heterocycles. The van der Waals surface area contributed by atoms with Gasteiger partial charge in [-0.1, -0.05) is 19.1 Å². The van der Waals surface area contributed by atoms with Gasteiger partial charge in [-0.3, -0.25) is 20.0 Å². The van der Waals surface area contributed by atoms with E-state index in [1.807, 2.05) is 0 Å². The quantitative estimate of drug-likeness (QED) is 0.423. The Bertz CT molecular complexity index is 326. The third kappa shape index (κ3) is 3.16. The zero-order valence-corrected chi connectivity index (χ0v) is 10.6. The summed E-state index contributed by atoms with van der Waals surface area (Å²) in [5, 5.41) is 3.93. The molecule has 0 atom stereocenters. The zero-order valence-electron chi connectivity index (χ0n) is 9.79. The molecule has 0 saturated heterocycles. The topological polar surface area (TPSA) is 61.4 Å². The van der Waals surface area contributed by atoms with Crippen LogP contribution in [0.25, 0.3) is 0 Å². The second-order valence-corrected chi connectivity index (χ2v) is 4.70. The van der Waals surface area contributed by atoms with Crippen molar-refractivity contribution in [1.82, 2.24) is 15.8 Å². The van der Waals surface area contributed by atoms with Crippen LogP contribution in [0.2, 0.25) is 0 Å². The third-order valence-corrected chi connectivity index (χ3v) is 3.48. The monoisotopic (exact) mass is 243 g/mol. The summed E-state index contributed by atoms with van der Waals surface area (Å²) in [6.07, 6.45) is 1.93. The number of hydrogen-bond donors (Lipinski definition) is 2. The predicted octanol–water partition coefficient (Wildman–Crippen LogP) is 0.213. The van der Waals surface area contributed by atoms with Crippen LogP contribution in [0.4, 0.5) is 0 Å². The van der Waals surface area contributed by atoms with Crippen LogP contribution < -0.4 is 10.7 Å². The SMILES string of the molecule is CNC(=O)CC(=O)NN(C)C(=S)C1(C)CC1. The molecule has 90 valence electrons. The van der Waals surface area contributed by atoms with Crippen LogP contribution >= 0.6 is 12.2 Å². The van der Waals surface area contributed by atoms with E-state index < -0.39 is 0 Å². The Balaban J connectivity index is 2.39. The highest BCUT2D eigenvalue weighted by atomic mass is 32.1. The van der Waals surface area contributed by atoms with E-state index in [-0.39, 0.29) is 23.7 Å². The maximum Gasteiger partial charge on any atom is 0.247 e. The number of carbonyl (C=O) groups is 2. The number of carbonyl (C=O) groups excluding carboxylic acids is 2. The lowest BCUT2D eigenvalue weighted by Gasteiger charge is -2.24. The fourth-order valence-corrected chi connectivity index (χ4v) is 1.57. The fraction of sp³-hybridized carbons (Fsp3) is 0.700. The van der Waals surface area contributed by atoms with Crippen LogP contribution in [0.5, 0.6) is 0 Å². The molecular weight excluding hydrogens is 226 g/mol. The summed E-state index contributed by atoms with van der Waals surface area (Å²) in [4.78, 5) is 23.1. The Morgan fingerprint density at radius 1 is 1.38 bits per heavy atom. The number of rotatable bonds is 3. The molecule has 16 heavy (non-hydrogen) atoms. The first-order chi connectivity index (χ1) is 7.39. The van der Waals surface area contributed by atoms with Crippen molar-refractivity contribution in [3.05, 3.63) is 0 Å². The summed E-state index contributed by atoms with van der Waals surface area (Å²) < 4.78 is 0. The summed E-state index contributed by atoms with van der Waals surface area (Å²) in [6, 6.07) is 0. The summed E-state index contributed by atoms with van der Waals surface area (Å²) >= 11 is 5.25. The molecule has 1 saturated carbocycles. The smallest absolute Gasteiger partial charge is 0.247 e. The van der Waals surface area contributed by atoms with E-state index in [1.165, 1.54) is 12.1 Å². The van der Waals surface area contributed by atoms with Crippen molar-refractivity contribution in [3.8, 4) is 0 Å². The number of amides is 2. The molecule has 1 aliphatic rings. The van der Waals surface area contributed by atoms with Gasteiger partial charge < -0.3 is 5.32 Å². The minimum atomic E-state index is -0.353. The fourth-order valence-electron chi connectivity index (χ4n) is 1.32. The van der Waals surface area contributed by atoms with Gasteiger partial charge in [0.15, 0.2) is 0 Å². The van der Waals surface area contributed by atoms with Gasteiger partial charge in [-0.2, -0.15) is 0 Å². The van der Waals surface area contributed by atoms with Gasteiger partial charge in [0.1, 0.15) is 11.4 Å². The Labute approximate surface area is 101 Å². The molecule has 1 rings (SSSR count). The van der Waals surface area contributed by atoms with E-state index in [0.717, 1.165) is 17.8 Å². The normalized spacial score (nSPS) is 16.2. The standard InChI is InChI=1S/C10H17N3O2S/c1-10(4-5-10)9(16)13(3)12-8(15)6-7(14)11-2/h4-6H2,1-3H3,(H,11,14)(H,12,15). The first kappa shape index (κ1) is 12.9. The second kappa shape index (κ2) is 4.78. The van der Waals surface area contributed by atoms with Crippen molar-refractivity contribution in [1.29, 1.82) is 0 Å². The Hall–Kier alpha value is -1.17. The number of nitrogens with one attached hydrogen (secondary N) is 2. The van der Waals surface area contributed by atoms with Gasteiger partial charge in [-0.15, -0.1) is 0 Å². The number of thiocarbonyl (C=S) groups is 1. The van der Waals surface area contributed by atoms with Crippen molar-refractivity contribution in [3.63, 3.8) is 0 Å². The van der Waals surface area contributed by atoms with Crippen LogP contribution in [0.1, 0.15) is 26.2 Å². The molecule has 6 heteroatoms. The highest BCUT2D eigenvalue weighted by Crippen LogP contribution is 2.46. The largest absolute Gasteiger partial charge is 0.359 e. The highest BCUT2D eigenvalue weighted by Gasteiger charge is 2.43. The average molecular weight is 243 g/mol. The van der Waals surface area contributed by atoms with Gasteiger partial charge in [0.25, 0.3) is 0 Å². The van der Waals surface area contributed by atoms with Crippen molar-refractivity contribution in [2.45, 2.75) is 26.2 Å². The summed E-state index contributed by atoms with van der Waals surface area (Å²) in [5.74, 6) is -0.664. The van der Waals surface area contributed by atoms with Crippen LogP contribution in [-0.4, -0.2) is 35.9 Å². The maximum atomic E-state index is 11.4. The number of hydrazine groups is 1. The molecule has 1 fully saturated rings. The minimum absolute atomic E-state index is 0.0460. The van der Waals surface area contributed by atoms with E-state index >= 15 is 0 Å². The molecule has 0 unspecified atom stereocenters. The molecule has 0 aromatic rings. The van der Waals surface area contributed by atoms with E-state index in [2.05, 4.69) is 17.7 Å². The van der Waals surface area contributed by atoms with Gasteiger partial charge in [0.05, 0.1) is 0 Å². The van der Waals surface area contributed by atoms with Crippen LogP contribution in [0.3, 0.4) is 0 Å². The van der Waals surface area contributed by atoms with Crippen LogP contribution in [0, 0.1) is 5.41 Å². The van der Waals surface area contributed by atoms with Gasteiger partial charge in [-0.25, -0.2) is 0 Å². The molecule has 0 aromatic heterocycles. The Morgan fingerprint density at radius 3 is 2.38 bits per heavy atom. The summed E-state index contributed by atoms with van der Waals surface area (Å²) in [5.41, 5.74) is 2.63. The third-order valence-electron chi connectivity index (χ3n) is 2.71. The van der Waals surface area contributed by atoms with E-state index in [4.69, 9.17) is 12.2 Å². The van der Waals surface area contributed by atoms with Crippen molar-refractivity contribution in [2.75, 3.05) is 14.1 Å². The lowest BCUT2D eigenvalue weighted by atomic mass is 10.1. The van der Waals surface area contributed by atoms with Gasteiger partial charge in [0, 0.05) is 19.5 Å². The number of nitrogens with zero attached hydrogens (tertiary/aromatic N) is 1. The zero-order chi connectivity index (χ0) is 12.3. The molecular formula is C10H17N3O2S. The van der Waals surface area contributed by atoms with Gasteiger partial charge >= 0.3 is 0 Å². The lowest BCUT2D eigenvalue weighted by Crippen LogP contribution is -2.46. The van der Waals surface area contributed by atoms with Crippen molar-refractivity contribution in [2.24, 2.45) is 5.41 Å². The average Bonchev–Trinajstić information content (AvgIpc) is 2.96. The lowest BCUT2D eigenvalue weighted by molar-refractivity contribution is -0.130. The first-order valence-electron chi connectivity index (χ1n) is 5.17. The minimum Gasteiger partial charge on any atom is -0.359 e. The van der Waals surface area contributed by atoms with Gasteiger partial charge in [0.2, 0.25) is 11.8 Å². The molecule has 0 bridgehead atoms. The Kier molecular flexibility index (Phi) is 3.85. The van der Waals surface area contributed by atoms with Crippen molar-refractivity contribution < 1.29 is 9.59 Å². The van der Waals surface area contributed by atoms with Gasteiger partial charge in [-0.05, 0) is 12.8 Å². The van der Waals surface area contributed by atoms with E-state index in [0.29, 0.717) is 0 Å². The molecule has 0 radical (unpaired) electrons. The van der Waals surface area contributed by atoms with E-state index in [1.54, 1.807) is 7.05 Å². The second-order valence-electron chi connectivity index (χ2n) is 4.31. The maximum absolute atomic E-state index is 11.4. The first-order valence-corrected chi connectivity index (χ1v) is 5.58. The van der Waals surface area contributed by atoms with Crippen LogP contribution in [-0.2, 0) is 9.59 Å². The molecule has 2 amide bonds. The highest BCUT2D eigenvalue weighted by molar-refractivity contribution is 7.80. The molecule has 0 spiro atoms.